The molecule has 1 N–H and O–H groups in total. The van der Waals surface area contributed by atoms with E-state index in [0.29, 0.717) is 5.88 Å². The zero-order valence-electron chi connectivity index (χ0n) is 11.6. The Kier molecular flexibility index (Phi) is 4.35. The molecule has 0 spiro atoms. The zero-order chi connectivity index (χ0) is 13.8. The Morgan fingerprint density at radius 1 is 1.37 bits per heavy atom. The van der Waals surface area contributed by atoms with Gasteiger partial charge in [-0.25, -0.2) is 4.79 Å². The van der Waals surface area contributed by atoms with Gasteiger partial charge in [0.15, 0.2) is 0 Å². The second-order valence-electron chi connectivity index (χ2n) is 5.04. The number of likely N-dealkylation sites (N-methyl/N-ethyl adjacent to an activating group) is 1. The van der Waals surface area contributed by atoms with Crippen LogP contribution in [0.1, 0.15) is 39.0 Å². The van der Waals surface area contributed by atoms with Crippen molar-refractivity contribution >= 4 is 17.5 Å². The van der Waals surface area contributed by atoms with Gasteiger partial charge in [-0.05, 0) is 6.42 Å². The van der Waals surface area contributed by atoms with E-state index < -0.39 is 12.1 Å². The molecule has 0 amide bonds. The highest BCUT2D eigenvalue weighted by molar-refractivity contribution is 5.88. The van der Waals surface area contributed by atoms with Crippen LogP contribution in [0.4, 0.5) is 11.6 Å². The lowest BCUT2D eigenvalue weighted by Crippen LogP contribution is -2.47. The number of carbonyl (C=O) groups is 1. The summed E-state index contributed by atoms with van der Waals surface area (Å²) in [6, 6.07) is 1.85. The van der Waals surface area contributed by atoms with E-state index in [4.69, 9.17) is 4.42 Å². The third-order valence-corrected chi connectivity index (χ3v) is 3.64. The first-order valence-electron chi connectivity index (χ1n) is 6.96. The number of hydrogen-bond donors (Lipinski definition) is 1. The monoisotopic (exact) mass is 266 g/mol. The lowest BCUT2D eigenvalue weighted by atomic mass is 10.1. The highest BCUT2D eigenvalue weighted by atomic mass is 16.4. The van der Waals surface area contributed by atoms with E-state index in [1.807, 2.05) is 11.0 Å². The maximum Gasteiger partial charge on any atom is 0.347 e. The smallest absolute Gasteiger partial charge is 0.347 e. The normalized spacial score (nSPS) is 17.9. The van der Waals surface area contributed by atoms with Crippen molar-refractivity contribution in [2.24, 2.45) is 0 Å². The highest BCUT2D eigenvalue weighted by Gasteiger charge is 2.40. The van der Waals surface area contributed by atoms with Crippen LogP contribution in [0.5, 0.6) is 0 Å². The Hall–Kier alpha value is -1.65. The van der Waals surface area contributed by atoms with Gasteiger partial charge in [0.25, 0.3) is 0 Å². The Bertz CT molecular complexity index is 430. The summed E-state index contributed by atoms with van der Waals surface area (Å²) in [5.74, 6) is -0.177. The molecule has 1 aromatic heterocycles. The third kappa shape index (κ3) is 2.69. The van der Waals surface area contributed by atoms with Crippen LogP contribution in [0, 0.1) is 0 Å². The molecule has 1 aliphatic rings. The molecule has 0 aromatic carbocycles. The number of fused-ring (bicyclic) bond motifs is 1. The van der Waals surface area contributed by atoms with Gasteiger partial charge in [-0.2, -0.15) is 0 Å². The topological polar surface area (TPSA) is 56.9 Å². The molecule has 1 aliphatic heterocycles. The first-order chi connectivity index (χ1) is 9.16. The fourth-order valence-electron chi connectivity index (χ4n) is 2.66. The molecule has 5 heteroatoms. The maximum absolute atomic E-state index is 11.4. The molecule has 106 valence electrons. The van der Waals surface area contributed by atoms with Crippen LogP contribution in [-0.2, 0) is 4.79 Å². The Balaban J connectivity index is 1.98. The average Bonchev–Trinajstić information content (AvgIpc) is 2.92. The molecule has 2 rings (SSSR count). The van der Waals surface area contributed by atoms with Crippen LogP contribution in [0.2, 0.25) is 0 Å². The standard InChI is InChI=1S/C14H22N2O3/c1-3-4-5-6-7-9-16-11-8-10-19-13(11)15(2)12(16)14(17)18/h8,10,12H,3-7,9H2,1-2H3,(H,17,18). The molecular formula is C14H22N2O3. The molecule has 1 atom stereocenters. The summed E-state index contributed by atoms with van der Waals surface area (Å²) >= 11 is 0. The summed E-state index contributed by atoms with van der Waals surface area (Å²) in [5.41, 5.74) is 0.894. The van der Waals surface area contributed by atoms with Gasteiger partial charge in [0.05, 0.1) is 6.26 Å². The van der Waals surface area contributed by atoms with Gasteiger partial charge < -0.3 is 19.3 Å². The van der Waals surface area contributed by atoms with Crippen LogP contribution in [-0.4, -0.2) is 30.8 Å². The molecule has 0 saturated heterocycles. The van der Waals surface area contributed by atoms with Crippen molar-refractivity contribution in [2.75, 3.05) is 23.4 Å². The van der Waals surface area contributed by atoms with E-state index in [-0.39, 0.29) is 0 Å². The first kappa shape index (κ1) is 13.8. The number of hydrogen-bond acceptors (Lipinski definition) is 4. The Morgan fingerprint density at radius 3 is 2.79 bits per heavy atom. The van der Waals surface area contributed by atoms with Crippen molar-refractivity contribution in [1.82, 2.24) is 0 Å². The number of furan rings is 1. The second kappa shape index (κ2) is 5.99. The summed E-state index contributed by atoms with van der Waals surface area (Å²) in [5, 5.41) is 9.36. The number of aliphatic carboxylic acids is 1. The number of unbranched alkanes of at least 4 members (excludes halogenated alkanes) is 4. The minimum absolute atomic E-state index is 0.638. The second-order valence-corrected chi connectivity index (χ2v) is 5.04. The van der Waals surface area contributed by atoms with Crippen LogP contribution in [0.25, 0.3) is 0 Å². The molecule has 0 fully saturated rings. The van der Waals surface area contributed by atoms with Crippen LogP contribution >= 0.6 is 0 Å². The van der Waals surface area contributed by atoms with Crippen molar-refractivity contribution in [3.8, 4) is 0 Å². The zero-order valence-corrected chi connectivity index (χ0v) is 11.6. The number of nitrogens with zero attached hydrogens (tertiary/aromatic N) is 2. The molecule has 0 saturated carbocycles. The first-order valence-corrected chi connectivity index (χ1v) is 6.96. The number of carboxylic acids is 1. The van der Waals surface area contributed by atoms with Crippen molar-refractivity contribution in [1.29, 1.82) is 0 Å². The molecule has 1 aromatic rings. The van der Waals surface area contributed by atoms with Gasteiger partial charge in [-0.3, -0.25) is 0 Å². The van der Waals surface area contributed by atoms with Crippen LogP contribution in [0.3, 0.4) is 0 Å². The van der Waals surface area contributed by atoms with Gasteiger partial charge in [0.1, 0.15) is 5.69 Å². The van der Waals surface area contributed by atoms with Crippen molar-refractivity contribution in [3.63, 3.8) is 0 Å². The highest BCUT2D eigenvalue weighted by Crippen LogP contribution is 2.39. The molecule has 0 bridgehead atoms. The number of anilines is 2. The maximum atomic E-state index is 11.4. The predicted octanol–water partition coefficient (Wildman–Crippen LogP) is 2.92. The summed E-state index contributed by atoms with van der Waals surface area (Å²) in [6.45, 7) is 2.95. The van der Waals surface area contributed by atoms with Gasteiger partial charge in [-0.15, -0.1) is 0 Å². The van der Waals surface area contributed by atoms with Gasteiger partial charge in [-0.1, -0.05) is 32.6 Å². The van der Waals surface area contributed by atoms with E-state index in [1.54, 1.807) is 18.2 Å². The molecule has 0 radical (unpaired) electrons. The van der Waals surface area contributed by atoms with Gasteiger partial charge >= 0.3 is 5.97 Å². The van der Waals surface area contributed by atoms with Gasteiger partial charge in [0, 0.05) is 19.7 Å². The summed E-state index contributed by atoms with van der Waals surface area (Å²) in [7, 11) is 1.76. The van der Waals surface area contributed by atoms with Crippen LogP contribution in [0.15, 0.2) is 16.7 Å². The number of carboxylic acid groups (broad SMARTS) is 1. The molecule has 2 heterocycles. The van der Waals surface area contributed by atoms with E-state index in [0.717, 1.165) is 25.1 Å². The lowest BCUT2D eigenvalue weighted by molar-refractivity contribution is -0.138. The molecule has 19 heavy (non-hydrogen) atoms. The van der Waals surface area contributed by atoms with E-state index in [2.05, 4.69) is 6.92 Å². The summed E-state index contributed by atoms with van der Waals surface area (Å²) < 4.78 is 5.36. The molecule has 0 aliphatic carbocycles. The summed E-state index contributed by atoms with van der Waals surface area (Å²) in [4.78, 5) is 15.0. The minimum atomic E-state index is -0.831. The van der Waals surface area contributed by atoms with Crippen molar-refractivity contribution in [3.05, 3.63) is 12.3 Å². The largest absolute Gasteiger partial charge is 0.478 e. The quantitative estimate of drug-likeness (QED) is 0.769. The number of rotatable bonds is 7. The molecule has 1 unspecified atom stereocenters. The van der Waals surface area contributed by atoms with E-state index in [1.165, 1.54) is 19.3 Å². The predicted molar refractivity (Wildman–Crippen MR) is 74.6 cm³/mol. The molecular weight excluding hydrogens is 244 g/mol. The SMILES string of the molecule is CCCCCCCN1c2ccoc2N(C)C1C(=O)O. The van der Waals surface area contributed by atoms with Crippen molar-refractivity contribution in [2.45, 2.75) is 45.2 Å². The van der Waals surface area contributed by atoms with Crippen LogP contribution < -0.4 is 9.80 Å². The summed E-state index contributed by atoms with van der Waals surface area (Å²) in [6.07, 6.45) is 6.83. The van der Waals surface area contributed by atoms with Crippen molar-refractivity contribution < 1.29 is 14.3 Å². The van der Waals surface area contributed by atoms with Gasteiger partial charge in [0.2, 0.25) is 12.0 Å². The van der Waals surface area contributed by atoms with E-state index in [9.17, 15) is 9.90 Å². The Labute approximate surface area is 113 Å². The Morgan fingerprint density at radius 2 is 2.11 bits per heavy atom. The van der Waals surface area contributed by atoms with E-state index >= 15 is 0 Å². The third-order valence-electron chi connectivity index (χ3n) is 3.64. The average molecular weight is 266 g/mol. The lowest BCUT2D eigenvalue weighted by Gasteiger charge is -2.26. The fourth-order valence-corrected chi connectivity index (χ4v) is 2.66. The fraction of sp³-hybridized carbons (Fsp3) is 0.643. The molecule has 5 nitrogen and oxygen atoms in total. The minimum Gasteiger partial charge on any atom is -0.478 e.